The minimum absolute atomic E-state index is 0.0151. The molecule has 0 saturated carbocycles. The number of thiophene rings is 1. The number of amides is 1. The third kappa shape index (κ3) is 3.28. The standard InChI is InChI=1S/C16H17N3OS2/c1-11-12(2)22-16(17-11)18-15(20)9-14(13-5-8-21-10-13)19-6-3-4-7-19/h3-8,10,14H,9H2,1-2H3,(H,17,18,20)/t14-/m0/s1. The predicted molar refractivity (Wildman–Crippen MR) is 91.7 cm³/mol. The molecule has 3 aromatic rings. The summed E-state index contributed by atoms with van der Waals surface area (Å²) in [6, 6.07) is 6.04. The van der Waals surface area contributed by atoms with Crippen LogP contribution in [0, 0.1) is 13.8 Å². The Morgan fingerprint density at radius 1 is 1.36 bits per heavy atom. The molecule has 1 atom stereocenters. The SMILES string of the molecule is Cc1nc(NC(=O)C[C@@H](c2ccsc2)n2cccc2)sc1C. The summed E-state index contributed by atoms with van der Waals surface area (Å²) < 4.78 is 2.07. The molecule has 6 heteroatoms. The van der Waals surface area contributed by atoms with Crippen LogP contribution in [0.25, 0.3) is 0 Å². The Morgan fingerprint density at radius 2 is 2.14 bits per heavy atom. The van der Waals surface area contributed by atoms with Gasteiger partial charge in [-0.2, -0.15) is 11.3 Å². The van der Waals surface area contributed by atoms with Gasteiger partial charge < -0.3 is 9.88 Å². The first kappa shape index (κ1) is 15.0. The number of carbonyl (C=O) groups is 1. The molecule has 0 bridgehead atoms. The number of hydrogen-bond acceptors (Lipinski definition) is 4. The summed E-state index contributed by atoms with van der Waals surface area (Å²) in [5.74, 6) is -0.0151. The average Bonchev–Trinajstić information content (AvgIpc) is 3.20. The van der Waals surface area contributed by atoms with Crippen molar-refractivity contribution in [1.82, 2.24) is 9.55 Å². The van der Waals surface area contributed by atoms with Crippen LogP contribution in [0.3, 0.4) is 0 Å². The Hall–Kier alpha value is -1.92. The lowest BCUT2D eigenvalue weighted by molar-refractivity contribution is -0.116. The maximum atomic E-state index is 12.4. The van der Waals surface area contributed by atoms with Gasteiger partial charge in [0.1, 0.15) is 0 Å². The molecular weight excluding hydrogens is 314 g/mol. The van der Waals surface area contributed by atoms with E-state index in [9.17, 15) is 4.79 Å². The first-order chi connectivity index (χ1) is 10.6. The van der Waals surface area contributed by atoms with E-state index in [1.807, 2.05) is 43.8 Å². The van der Waals surface area contributed by atoms with Crippen molar-refractivity contribution in [1.29, 1.82) is 0 Å². The van der Waals surface area contributed by atoms with E-state index in [4.69, 9.17) is 0 Å². The van der Waals surface area contributed by atoms with Crippen LogP contribution in [-0.2, 0) is 4.79 Å². The Morgan fingerprint density at radius 3 is 2.73 bits per heavy atom. The maximum absolute atomic E-state index is 12.4. The molecule has 0 aromatic carbocycles. The summed E-state index contributed by atoms with van der Waals surface area (Å²) in [6.45, 7) is 3.96. The number of carbonyl (C=O) groups excluding carboxylic acids is 1. The minimum atomic E-state index is -0.0151. The fourth-order valence-electron chi connectivity index (χ4n) is 2.29. The lowest BCUT2D eigenvalue weighted by atomic mass is 10.1. The van der Waals surface area contributed by atoms with Crippen LogP contribution in [0.2, 0.25) is 0 Å². The summed E-state index contributed by atoms with van der Waals surface area (Å²) in [5, 5.41) is 7.73. The number of rotatable bonds is 5. The van der Waals surface area contributed by atoms with Crippen molar-refractivity contribution in [2.24, 2.45) is 0 Å². The zero-order valence-electron chi connectivity index (χ0n) is 12.4. The van der Waals surface area contributed by atoms with Gasteiger partial charge in [0, 0.05) is 17.3 Å². The molecule has 0 fully saturated rings. The molecule has 114 valence electrons. The normalized spacial score (nSPS) is 12.3. The van der Waals surface area contributed by atoms with Gasteiger partial charge in [-0.3, -0.25) is 4.79 Å². The minimum Gasteiger partial charge on any atom is -0.346 e. The summed E-state index contributed by atoms with van der Waals surface area (Å²) in [6.07, 6.45) is 4.38. The number of nitrogens with one attached hydrogen (secondary N) is 1. The van der Waals surface area contributed by atoms with Gasteiger partial charge in [-0.25, -0.2) is 4.98 Å². The van der Waals surface area contributed by atoms with Crippen LogP contribution >= 0.6 is 22.7 Å². The quantitative estimate of drug-likeness (QED) is 0.760. The molecule has 4 nitrogen and oxygen atoms in total. The molecule has 0 radical (unpaired) electrons. The molecule has 1 amide bonds. The first-order valence-corrected chi connectivity index (χ1v) is 8.78. The van der Waals surface area contributed by atoms with Crippen molar-refractivity contribution in [3.8, 4) is 0 Å². The molecule has 0 aliphatic rings. The van der Waals surface area contributed by atoms with E-state index in [0.29, 0.717) is 11.6 Å². The molecule has 0 unspecified atom stereocenters. The van der Waals surface area contributed by atoms with E-state index in [1.54, 1.807) is 11.3 Å². The van der Waals surface area contributed by atoms with Crippen LogP contribution < -0.4 is 5.32 Å². The smallest absolute Gasteiger partial charge is 0.228 e. The monoisotopic (exact) mass is 331 g/mol. The highest BCUT2D eigenvalue weighted by Gasteiger charge is 2.18. The van der Waals surface area contributed by atoms with Gasteiger partial charge in [0.05, 0.1) is 18.2 Å². The van der Waals surface area contributed by atoms with Gasteiger partial charge in [-0.15, -0.1) is 11.3 Å². The number of anilines is 1. The van der Waals surface area contributed by atoms with E-state index >= 15 is 0 Å². The zero-order chi connectivity index (χ0) is 15.5. The fourth-order valence-corrected chi connectivity index (χ4v) is 3.83. The van der Waals surface area contributed by atoms with Crippen LogP contribution in [-0.4, -0.2) is 15.5 Å². The molecular formula is C16H17N3OS2. The van der Waals surface area contributed by atoms with Gasteiger partial charge in [-0.05, 0) is 48.4 Å². The molecule has 3 heterocycles. The van der Waals surface area contributed by atoms with Crippen molar-refractivity contribution in [3.05, 3.63) is 57.5 Å². The second kappa shape index (κ2) is 6.46. The van der Waals surface area contributed by atoms with Crippen molar-refractivity contribution in [2.45, 2.75) is 26.3 Å². The summed E-state index contributed by atoms with van der Waals surface area (Å²) in [7, 11) is 0. The fraction of sp³-hybridized carbons (Fsp3) is 0.250. The molecule has 0 spiro atoms. The van der Waals surface area contributed by atoms with Gasteiger partial charge in [0.2, 0.25) is 5.91 Å². The van der Waals surface area contributed by atoms with Crippen molar-refractivity contribution >= 4 is 33.7 Å². The molecule has 0 aliphatic carbocycles. The molecule has 3 rings (SSSR count). The van der Waals surface area contributed by atoms with Gasteiger partial charge in [-0.1, -0.05) is 0 Å². The summed E-state index contributed by atoms with van der Waals surface area (Å²) in [4.78, 5) is 17.9. The van der Waals surface area contributed by atoms with Crippen LogP contribution in [0.4, 0.5) is 5.13 Å². The second-order valence-electron chi connectivity index (χ2n) is 5.12. The Labute approximate surface area is 137 Å². The second-order valence-corrected chi connectivity index (χ2v) is 7.10. The number of aromatic nitrogens is 2. The Kier molecular flexibility index (Phi) is 4.40. The van der Waals surface area contributed by atoms with Gasteiger partial charge in [0.25, 0.3) is 0 Å². The number of nitrogens with zero attached hydrogens (tertiary/aromatic N) is 2. The molecule has 0 aliphatic heterocycles. The zero-order valence-corrected chi connectivity index (χ0v) is 14.1. The van der Waals surface area contributed by atoms with Crippen molar-refractivity contribution < 1.29 is 4.79 Å². The summed E-state index contributed by atoms with van der Waals surface area (Å²) >= 11 is 3.16. The maximum Gasteiger partial charge on any atom is 0.228 e. The van der Waals surface area contributed by atoms with Crippen molar-refractivity contribution in [2.75, 3.05) is 5.32 Å². The molecule has 1 N–H and O–H groups in total. The Bertz CT molecular complexity index is 691. The highest BCUT2D eigenvalue weighted by Crippen LogP contribution is 2.26. The van der Waals surface area contributed by atoms with E-state index in [0.717, 1.165) is 16.1 Å². The number of aryl methyl sites for hydroxylation is 2. The number of thiazole rings is 1. The third-order valence-electron chi connectivity index (χ3n) is 3.57. The number of hydrogen-bond donors (Lipinski definition) is 1. The lowest BCUT2D eigenvalue weighted by Crippen LogP contribution is -2.19. The van der Waals surface area contributed by atoms with Gasteiger partial charge in [0.15, 0.2) is 5.13 Å². The third-order valence-corrected chi connectivity index (χ3v) is 5.26. The topological polar surface area (TPSA) is 46.9 Å². The van der Waals surface area contributed by atoms with Crippen molar-refractivity contribution in [3.63, 3.8) is 0 Å². The lowest BCUT2D eigenvalue weighted by Gasteiger charge is -2.17. The van der Waals surface area contributed by atoms with E-state index in [1.165, 1.54) is 11.3 Å². The van der Waals surface area contributed by atoms with Crippen LogP contribution in [0.15, 0.2) is 41.4 Å². The van der Waals surface area contributed by atoms with Crippen LogP contribution in [0.5, 0.6) is 0 Å². The molecule has 22 heavy (non-hydrogen) atoms. The van der Waals surface area contributed by atoms with E-state index < -0.39 is 0 Å². The highest BCUT2D eigenvalue weighted by molar-refractivity contribution is 7.15. The largest absolute Gasteiger partial charge is 0.346 e. The van der Waals surface area contributed by atoms with E-state index in [2.05, 4.69) is 26.3 Å². The average molecular weight is 331 g/mol. The first-order valence-electron chi connectivity index (χ1n) is 7.02. The van der Waals surface area contributed by atoms with Crippen LogP contribution in [0.1, 0.15) is 28.6 Å². The predicted octanol–water partition coefficient (Wildman–Crippen LogP) is 4.24. The summed E-state index contributed by atoms with van der Waals surface area (Å²) in [5.41, 5.74) is 2.13. The Balaban J connectivity index is 1.74. The highest BCUT2D eigenvalue weighted by atomic mass is 32.1. The van der Waals surface area contributed by atoms with E-state index in [-0.39, 0.29) is 11.9 Å². The van der Waals surface area contributed by atoms with Gasteiger partial charge >= 0.3 is 0 Å². The molecule has 3 aromatic heterocycles. The molecule has 0 saturated heterocycles.